The summed E-state index contributed by atoms with van der Waals surface area (Å²) in [5.41, 5.74) is 9.09. The zero-order valence-electron chi connectivity index (χ0n) is 11.3. The lowest BCUT2D eigenvalue weighted by Crippen LogP contribution is -2.07. The lowest BCUT2D eigenvalue weighted by Gasteiger charge is -2.13. The van der Waals surface area contributed by atoms with Gasteiger partial charge < -0.3 is 10.5 Å². The minimum atomic E-state index is -0.110. The number of rotatable bonds is 3. The minimum Gasteiger partial charge on any atom is -0.439 e. The summed E-state index contributed by atoms with van der Waals surface area (Å²) in [6.07, 6.45) is 1.71. The van der Waals surface area contributed by atoms with Crippen LogP contribution in [0.3, 0.4) is 0 Å². The molecule has 4 heteroatoms. The molecule has 0 bridgehead atoms. The number of benzene rings is 1. The third kappa shape index (κ3) is 3.14. The van der Waals surface area contributed by atoms with Gasteiger partial charge in [-0.3, -0.25) is 0 Å². The maximum absolute atomic E-state index is 5.92. The van der Waals surface area contributed by atoms with Crippen molar-refractivity contribution in [2.75, 3.05) is 0 Å². The van der Waals surface area contributed by atoms with Gasteiger partial charge in [0.2, 0.25) is 5.88 Å². The van der Waals surface area contributed by atoms with E-state index in [2.05, 4.69) is 20.9 Å². The van der Waals surface area contributed by atoms with Crippen LogP contribution in [-0.4, -0.2) is 4.98 Å². The van der Waals surface area contributed by atoms with Gasteiger partial charge in [-0.2, -0.15) is 0 Å². The topological polar surface area (TPSA) is 48.1 Å². The molecule has 0 saturated heterocycles. The first kappa shape index (κ1) is 14.0. The summed E-state index contributed by atoms with van der Waals surface area (Å²) in [7, 11) is 0. The van der Waals surface area contributed by atoms with E-state index in [0.717, 1.165) is 26.9 Å². The van der Waals surface area contributed by atoms with Gasteiger partial charge in [0.25, 0.3) is 0 Å². The van der Waals surface area contributed by atoms with E-state index in [-0.39, 0.29) is 6.04 Å². The van der Waals surface area contributed by atoms with Gasteiger partial charge in [0.1, 0.15) is 5.75 Å². The first-order chi connectivity index (χ1) is 8.99. The van der Waals surface area contributed by atoms with Gasteiger partial charge in [-0.15, -0.1) is 0 Å². The fourth-order valence-corrected chi connectivity index (χ4v) is 2.14. The van der Waals surface area contributed by atoms with Crippen LogP contribution in [0.25, 0.3) is 0 Å². The van der Waals surface area contributed by atoms with Gasteiger partial charge in [0.15, 0.2) is 0 Å². The first-order valence-corrected chi connectivity index (χ1v) is 6.93. The number of halogens is 1. The molecule has 0 radical (unpaired) electrons. The minimum absolute atomic E-state index is 0.110. The number of aromatic nitrogens is 1. The molecule has 1 atom stereocenters. The first-order valence-electron chi connectivity index (χ1n) is 6.14. The fourth-order valence-electron chi connectivity index (χ4n) is 1.91. The van der Waals surface area contributed by atoms with Gasteiger partial charge in [-0.05, 0) is 50.1 Å². The maximum atomic E-state index is 5.92. The van der Waals surface area contributed by atoms with Gasteiger partial charge in [-0.1, -0.05) is 22.0 Å². The summed E-state index contributed by atoms with van der Waals surface area (Å²) in [4.78, 5) is 4.26. The Morgan fingerprint density at radius 3 is 2.47 bits per heavy atom. The second kappa shape index (κ2) is 5.72. The van der Waals surface area contributed by atoms with E-state index in [1.54, 1.807) is 6.20 Å². The summed E-state index contributed by atoms with van der Waals surface area (Å²) in [6, 6.07) is 7.66. The van der Waals surface area contributed by atoms with Crippen molar-refractivity contribution in [2.45, 2.75) is 26.8 Å². The van der Waals surface area contributed by atoms with E-state index in [9.17, 15) is 0 Å². The summed E-state index contributed by atoms with van der Waals surface area (Å²) in [5.74, 6) is 1.34. The summed E-state index contributed by atoms with van der Waals surface area (Å²) < 4.78 is 6.98. The largest absolute Gasteiger partial charge is 0.439 e. The highest BCUT2D eigenvalue weighted by molar-refractivity contribution is 9.10. The van der Waals surface area contributed by atoms with E-state index < -0.39 is 0 Å². The van der Waals surface area contributed by atoms with Crippen molar-refractivity contribution >= 4 is 15.9 Å². The number of pyridine rings is 1. The molecule has 1 aromatic carbocycles. The Morgan fingerprint density at radius 1 is 1.26 bits per heavy atom. The van der Waals surface area contributed by atoms with Crippen LogP contribution in [0.5, 0.6) is 11.6 Å². The van der Waals surface area contributed by atoms with E-state index >= 15 is 0 Å². The molecule has 2 rings (SSSR count). The molecule has 0 aliphatic carbocycles. The second-order valence-corrected chi connectivity index (χ2v) is 5.45. The molecule has 0 saturated carbocycles. The quantitative estimate of drug-likeness (QED) is 0.918. The number of hydrogen-bond acceptors (Lipinski definition) is 3. The van der Waals surface area contributed by atoms with Crippen LogP contribution < -0.4 is 10.5 Å². The molecule has 3 nitrogen and oxygen atoms in total. The molecule has 0 aliphatic rings. The molecule has 100 valence electrons. The van der Waals surface area contributed by atoms with E-state index in [1.807, 2.05) is 45.0 Å². The Morgan fingerprint density at radius 2 is 1.89 bits per heavy atom. The smallest absolute Gasteiger partial charge is 0.223 e. The van der Waals surface area contributed by atoms with Crippen LogP contribution in [0.4, 0.5) is 0 Å². The van der Waals surface area contributed by atoms with Crippen molar-refractivity contribution in [3.05, 3.63) is 51.6 Å². The molecule has 0 spiro atoms. The highest BCUT2D eigenvalue weighted by Crippen LogP contribution is 2.31. The summed E-state index contributed by atoms with van der Waals surface area (Å²) in [5, 5.41) is 0. The van der Waals surface area contributed by atoms with Crippen molar-refractivity contribution in [1.29, 1.82) is 0 Å². The van der Waals surface area contributed by atoms with Crippen molar-refractivity contribution in [3.63, 3.8) is 0 Å². The van der Waals surface area contributed by atoms with Crippen LogP contribution in [0.15, 0.2) is 34.9 Å². The number of ether oxygens (including phenoxy) is 1. The zero-order chi connectivity index (χ0) is 14.0. The zero-order valence-corrected chi connectivity index (χ0v) is 12.9. The Balaban J connectivity index is 2.37. The molecule has 1 aromatic heterocycles. The van der Waals surface area contributed by atoms with Crippen LogP contribution in [-0.2, 0) is 0 Å². The lowest BCUT2D eigenvalue weighted by atomic mass is 10.1. The average Bonchev–Trinajstić information content (AvgIpc) is 2.36. The number of aryl methyl sites for hydroxylation is 2. The van der Waals surface area contributed by atoms with Crippen molar-refractivity contribution in [1.82, 2.24) is 4.98 Å². The van der Waals surface area contributed by atoms with E-state index in [4.69, 9.17) is 10.5 Å². The van der Waals surface area contributed by atoms with Crippen molar-refractivity contribution in [2.24, 2.45) is 5.73 Å². The molecule has 0 aliphatic heterocycles. The highest BCUT2D eigenvalue weighted by Gasteiger charge is 2.11. The molecule has 2 aromatic rings. The molecule has 2 N–H and O–H groups in total. The Bertz CT molecular complexity index is 573. The Kier molecular flexibility index (Phi) is 4.22. The molecular weight excluding hydrogens is 304 g/mol. The van der Waals surface area contributed by atoms with Crippen LogP contribution in [0.1, 0.15) is 29.7 Å². The predicted octanol–water partition coefficient (Wildman–Crippen LogP) is 4.27. The van der Waals surface area contributed by atoms with Crippen molar-refractivity contribution < 1.29 is 4.74 Å². The molecule has 0 fully saturated rings. The average molecular weight is 321 g/mol. The third-order valence-corrected chi connectivity index (χ3v) is 4.17. The number of nitrogens with zero attached hydrogens (tertiary/aromatic N) is 1. The fraction of sp³-hybridized carbons (Fsp3) is 0.267. The molecule has 1 heterocycles. The molecule has 19 heavy (non-hydrogen) atoms. The standard InChI is InChI=1S/C15H17BrN2O/c1-9-7-12(8-10(2)14(9)16)19-15-13(11(3)17)5-4-6-18-15/h4-8,11H,17H2,1-3H3. The number of hydrogen-bond donors (Lipinski definition) is 1. The predicted molar refractivity (Wildman–Crippen MR) is 80.5 cm³/mol. The van der Waals surface area contributed by atoms with Gasteiger partial charge in [-0.25, -0.2) is 4.98 Å². The highest BCUT2D eigenvalue weighted by atomic mass is 79.9. The van der Waals surface area contributed by atoms with E-state index in [0.29, 0.717) is 5.88 Å². The number of nitrogens with two attached hydrogens (primary N) is 1. The van der Waals surface area contributed by atoms with E-state index in [1.165, 1.54) is 0 Å². The van der Waals surface area contributed by atoms with Gasteiger partial charge in [0.05, 0.1) is 0 Å². The Hall–Kier alpha value is -1.39. The summed E-state index contributed by atoms with van der Waals surface area (Å²) in [6.45, 7) is 5.99. The normalized spacial score (nSPS) is 12.3. The van der Waals surface area contributed by atoms with Crippen LogP contribution >= 0.6 is 15.9 Å². The van der Waals surface area contributed by atoms with Gasteiger partial charge in [0, 0.05) is 22.3 Å². The molecule has 1 unspecified atom stereocenters. The molecule has 0 amide bonds. The third-order valence-electron chi connectivity index (χ3n) is 2.92. The summed E-state index contributed by atoms with van der Waals surface area (Å²) >= 11 is 3.55. The maximum Gasteiger partial charge on any atom is 0.223 e. The van der Waals surface area contributed by atoms with Gasteiger partial charge >= 0.3 is 0 Å². The van der Waals surface area contributed by atoms with Crippen molar-refractivity contribution in [3.8, 4) is 11.6 Å². The van der Waals surface area contributed by atoms with Crippen LogP contribution in [0.2, 0.25) is 0 Å². The lowest BCUT2D eigenvalue weighted by molar-refractivity contribution is 0.451. The monoisotopic (exact) mass is 320 g/mol. The SMILES string of the molecule is Cc1cc(Oc2ncccc2C(C)N)cc(C)c1Br. The second-order valence-electron chi connectivity index (χ2n) is 4.66. The van der Waals surface area contributed by atoms with Crippen LogP contribution in [0, 0.1) is 13.8 Å². The molecular formula is C15H17BrN2O. The Labute approximate surface area is 121 Å².